The Hall–Kier alpha value is -1.32. The van der Waals surface area contributed by atoms with Crippen LogP contribution in [0.2, 0.25) is 0 Å². The molecule has 2 N–H and O–H groups in total. The molecule has 0 saturated carbocycles. The van der Waals surface area contributed by atoms with Gasteiger partial charge in [-0.1, -0.05) is 5.92 Å². The van der Waals surface area contributed by atoms with Crippen LogP contribution in [0, 0.1) is 12.3 Å². The summed E-state index contributed by atoms with van der Waals surface area (Å²) in [5, 5.41) is 15.9. The van der Waals surface area contributed by atoms with Crippen LogP contribution >= 0.6 is 15.9 Å². The van der Waals surface area contributed by atoms with Crippen LogP contribution in [0.5, 0.6) is 0 Å². The summed E-state index contributed by atoms with van der Waals surface area (Å²) in [4.78, 5) is 11.9. The van der Waals surface area contributed by atoms with Gasteiger partial charge in [0.1, 0.15) is 11.0 Å². The summed E-state index contributed by atoms with van der Waals surface area (Å²) in [6.45, 7) is 2.29. The Bertz CT molecular complexity index is 493. The lowest BCUT2D eigenvalue weighted by atomic mass is 10.2. The summed E-state index contributed by atoms with van der Waals surface area (Å²) in [6, 6.07) is 0.151. The van der Waals surface area contributed by atoms with E-state index < -0.39 is 0 Å². The highest BCUT2D eigenvalue weighted by molar-refractivity contribution is 9.10. The van der Waals surface area contributed by atoms with Gasteiger partial charge in [0, 0.05) is 12.6 Å². The molecule has 5 nitrogen and oxygen atoms in total. The standard InChI is InChI=1S/C12H16BrN3O2/c1-3-6-16-12(18)11(13)10(8-14-16)15-9(2)5-4-7-17/h1,8-9,15,17H,4-7H2,2H3. The van der Waals surface area contributed by atoms with Crippen molar-refractivity contribution in [2.45, 2.75) is 32.4 Å². The van der Waals surface area contributed by atoms with E-state index in [1.807, 2.05) is 6.92 Å². The van der Waals surface area contributed by atoms with Gasteiger partial charge in [0.2, 0.25) is 0 Å². The molecule has 1 aromatic heterocycles. The summed E-state index contributed by atoms with van der Waals surface area (Å²) < 4.78 is 1.64. The molecule has 98 valence electrons. The molecule has 0 aliphatic rings. The average Bonchev–Trinajstić information content (AvgIpc) is 2.36. The number of hydrogen-bond donors (Lipinski definition) is 2. The van der Waals surface area contributed by atoms with E-state index in [0.29, 0.717) is 16.6 Å². The van der Waals surface area contributed by atoms with Gasteiger partial charge in [0.25, 0.3) is 5.56 Å². The normalized spacial score (nSPS) is 11.9. The van der Waals surface area contributed by atoms with Crippen molar-refractivity contribution in [1.29, 1.82) is 0 Å². The van der Waals surface area contributed by atoms with Crippen LogP contribution in [0.4, 0.5) is 5.69 Å². The van der Waals surface area contributed by atoms with Crippen molar-refractivity contribution in [2.24, 2.45) is 0 Å². The molecule has 18 heavy (non-hydrogen) atoms. The Morgan fingerprint density at radius 1 is 1.72 bits per heavy atom. The van der Waals surface area contributed by atoms with Crippen molar-refractivity contribution in [3.63, 3.8) is 0 Å². The summed E-state index contributed by atoms with van der Waals surface area (Å²) >= 11 is 3.24. The van der Waals surface area contributed by atoms with Crippen molar-refractivity contribution < 1.29 is 5.11 Å². The zero-order valence-electron chi connectivity index (χ0n) is 10.2. The van der Waals surface area contributed by atoms with Crippen LogP contribution in [0.15, 0.2) is 15.5 Å². The van der Waals surface area contributed by atoms with Gasteiger partial charge in [0.05, 0.1) is 11.9 Å². The van der Waals surface area contributed by atoms with E-state index in [1.54, 1.807) is 6.20 Å². The second-order valence-corrected chi connectivity index (χ2v) is 4.74. The van der Waals surface area contributed by atoms with Crippen molar-refractivity contribution in [2.75, 3.05) is 11.9 Å². The third-order valence-electron chi connectivity index (χ3n) is 2.42. The molecule has 1 aromatic rings. The average molecular weight is 314 g/mol. The molecule has 1 atom stereocenters. The lowest BCUT2D eigenvalue weighted by Crippen LogP contribution is -2.25. The Morgan fingerprint density at radius 3 is 3.06 bits per heavy atom. The number of aliphatic hydroxyl groups is 1. The van der Waals surface area contributed by atoms with E-state index >= 15 is 0 Å². The lowest BCUT2D eigenvalue weighted by molar-refractivity contribution is 0.282. The Morgan fingerprint density at radius 2 is 2.44 bits per heavy atom. The first-order chi connectivity index (χ1) is 8.60. The number of anilines is 1. The predicted octanol–water partition coefficient (Wildman–Crippen LogP) is 1.21. The van der Waals surface area contributed by atoms with E-state index in [0.717, 1.165) is 6.42 Å². The fraction of sp³-hybridized carbons (Fsp3) is 0.500. The molecule has 6 heteroatoms. The molecule has 0 aliphatic heterocycles. The van der Waals surface area contributed by atoms with Crippen LogP contribution in [0.25, 0.3) is 0 Å². The lowest BCUT2D eigenvalue weighted by Gasteiger charge is -2.15. The number of hydrogen-bond acceptors (Lipinski definition) is 4. The maximum absolute atomic E-state index is 11.9. The number of terminal acetylenes is 1. The van der Waals surface area contributed by atoms with E-state index in [-0.39, 0.29) is 24.8 Å². The van der Waals surface area contributed by atoms with Gasteiger partial charge in [-0.05, 0) is 35.7 Å². The molecule has 0 radical (unpaired) electrons. The summed E-state index contributed by atoms with van der Waals surface area (Å²) in [5.74, 6) is 2.37. The Kier molecular flexibility index (Phi) is 5.89. The molecule has 0 fully saturated rings. The van der Waals surface area contributed by atoms with E-state index in [2.05, 4.69) is 32.3 Å². The molecular formula is C12H16BrN3O2. The minimum absolute atomic E-state index is 0.151. The third-order valence-corrected chi connectivity index (χ3v) is 3.19. The predicted molar refractivity (Wildman–Crippen MR) is 74.4 cm³/mol. The van der Waals surface area contributed by atoms with Crippen molar-refractivity contribution in [1.82, 2.24) is 9.78 Å². The molecular weight excluding hydrogens is 298 g/mol. The molecule has 1 unspecified atom stereocenters. The first-order valence-corrected chi connectivity index (χ1v) is 6.46. The van der Waals surface area contributed by atoms with Crippen molar-refractivity contribution >= 4 is 21.6 Å². The summed E-state index contributed by atoms with van der Waals surface area (Å²) in [7, 11) is 0. The first-order valence-electron chi connectivity index (χ1n) is 5.66. The Labute approximate surface area is 114 Å². The van der Waals surface area contributed by atoms with Gasteiger partial charge < -0.3 is 10.4 Å². The number of nitrogens with zero attached hydrogens (tertiary/aromatic N) is 2. The maximum atomic E-state index is 11.9. The van der Waals surface area contributed by atoms with Crippen LogP contribution in [-0.4, -0.2) is 27.5 Å². The highest BCUT2D eigenvalue weighted by Crippen LogP contribution is 2.18. The van der Waals surface area contributed by atoms with Crippen LogP contribution in [0.3, 0.4) is 0 Å². The molecule has 1 heterocycles. The van der Waals surface area contributed by atoms with E-state index in [9.17, 15) is 4.79 Å². The summed E-state index contributed by atoms with van der Waals surface area (Å²) in [5.41, 5.74) is 0.381. The molecule has 0 spiro atoms. The summed E-state index contributed by atoms with van der Waals surface area (Å²) in [6.07, 6.45) is 8.25. The highest BCUT2D eigenvalue weighted by Gasteiger charge is 2.10. The maximum Gasteiger partial charge on any atom is 0.284 e. The number of aromatic nitrogens is 2. The molecule has 1 rings (SSSR count). The topological polar surface area (TPSA) is 67.2 Å². The second-order valence-electron chi connectivity index (χ2n) is 3.95. The fourth-order valence-electron chi connectivity index (χ4n) is 1.50. The van der Waals surface area contributed by atoms with Crippen LogP contribution in [-0.2, 0) is 6.54 Å². The molecule has 0 saturated heterocycles. The van der Waals surface area contributed by atoms with Gasteiger partial charge in [-0.15, -0.1) is 6.42 Å². The molecule has 0 bridgehead atoms. The van der Waals surface area contributed by atoms with Gasteiger partial charge in [-0.2, -0.15) is 5.10 Å². The quantitative estimate of drug-likeness (QED) is 0.775. The van der Waals surface area contributed by atoms with Gasteiger partial charge in [0.15, 0.2) is 0 Å². The van der Waals surface area contributed by atoms with Gasteiger partial charge in [-0.3, -0.25) is 4.79 Å². The van der Waals surface area contributed by atoms with Gasteiger partial charge in [-0.25, -0.2) is 4.68 Å². The highest BCUT2D eigenvalue weighted by atomic mass is 79.9. The van der Waals surface area contributed by atoms with E-state index in [4.69, 9.17) is 11.5 Å². The second kappa shape index (κ2) is 7.19. The number of aliphatic hydroxyl groups excluding tert-OH is 1. The largest absolute Gasteiger partial charge is 0.396 e. The first kappa shape index (κ1) is 14.7. The number of rotatable bonds is 6. The fourth-order valence-corrected chi connectivity index (χ4v) is 1.92. The van der Waals surface area contributed by atoms with Gasteiger partial charge >= 0.3 is 0 Å². The van der Waals surface area contributed by atoms with E-state index in [1.165, 1.54) is 4.68 Å². The number of halogens is 1. The van der Waals surface area contributed by atoms with Crippen molar-refractivity contribution in [3.05, 3.63) is 21.0 Å². The zero-order chi connectivity index (χ0) is 13.5. The Balaban J connectivity index is 2.83. The minimum atomic E-state index is -0.257. The van der Waals surface area contributed by atoms with Crippen LogP contribution < -0.4 is 10.9 Å². The molecule has 0 aromatic carbocycles. The third kappa shape index (κ3) is 3.86. The van der Waals surface area contributed by atoms with Crippen molar-refractivity contribution in [3.8, 4) is 12.3 Å². The minimum Gasteiger partial charge on any atom is -0.396 e. The zero-order valence-corrected chi connectivity index (χ0v) is 11.8. The monoisotopic (exact) mass is 313 g/mol. The number of nitrogens with one attached hydrogen (secondary N) is 1. The SMILES string of the molecule is C#CCn1ncc(NC(C)CCCO)c(Br)c1=O. The smallest absolute Gasteiger partial charge is 0.284 e. The van der Waals surface area contributed by atoms with Crippen LogP contribution in [0.1, 0.15) is 19.8 Å². The molecule has 0 amide bonds. The molecule has 0 aliphatic carbocycles.